The summed E-state index contributed by atoms with van der Waals surface area (Å²) in [5.41, 5.74) is 3.73. The molecule has 0 radical (unpaired) electrons. The van der Waals surface area contributed by atoms with Crippen molar-refractivity contribution in [1.29, 1.82) is 0 Å². The Kier molecular flexibility index (Phi) is 5.22. The number of amides is 1. The number of carbonyl (C=O) groups excluding carboxylic acids is 1. The van der Waals surface area contributed by atoms with Crippen molar-refractivity contribution in [2.24, 2.45) is 5.10 Å². The number of rotatable bonds is 4. The Bertz CT molecular complexity index is 1370. The standard InChI is InChI=1S/C26H20FN3O3/c1-16(31)30-26(33-25(29-30)18-7-11-19(27)12-8-18)22-15-24(17-9-13-20(32-2)14-10-17)28-23-6-4-3-5-21(22)23/h3-15,26H,1-2H3. The summed E-state index contributed by atoms with van der Waals surface area (Å²) >= 11 is 0. The van der Waals surface area contributed by atoms with Crippen molar-refractivity contribution in [2.75, 3.05) is 7.11 Å². The average Bonchev–Trinajstić information content (AvgIpc) is 3.29. The van der Waals surface area contributed by atoms with Crippen LogP contribution in [0.5, 0.6) is 5.75 Å². The van der Waals surface area contributed by atoms with Crippen molar-refractivity contribution >= 4 is 22.7 Å². The summed E-state index contributed by atoms with van der Waals surface area (Å²) in [6, 6.07) is 23.0. The van der Waals surface area contributed by atoms with Crippen LogP contribution in [0.15, 0.2) is 84.0 Å². The van der Waals surface area contributed by atoms with E-state index in [-0.39, 0.29) is 17.6 Å². The summed E-state index contributed by atoms with van der Waals surface area (Å²) < 4.78 is 24.8. The predicted molar refractivity (Wildman–Crippen MR) is 123 cm³/mol. The number of halogens is 1. The summed E-state index contributed by atoms with van der Waals surface area (Å²) in [6.45, 7) is 1.43. The minimum absolute atomic E-state index is 0.252. The third-order valence-electron chi connectivity index (χ3n) is 5.46. The van der Waals surface area contributed by atoms with E-state index in [0.29, 0.717) is 5.56 Å². The van der Waals surface area contributed by atoms with Crippen molar-refractivity contribution in [3.63, 3.8) is 0 Å². The van der Waals surface area contributed by atoms with Crippen LogP contribution in [-0.4, -0.2) is 28.9 Å². The van der Waals surface area contributed by atoms with Crippen LogP contribution in [-0.2, 0) is 9.53 Å². The van der Waals surface area contributed by atoms with Gasteiger partial charge in [-0.3, -0.25) is 4.79 Å². The molecule has 0 saturated heterocycles. The predicted octanol–water partition coefficient (Wildman–Crippen LogP) is 5.29. The fourth-order valence-corrected chi connectivity index (χ4v) is 3.79. The van der Waals surface area contributed by atoms with Gasteiger partial charge in [0.25, 0.3) is 0 Å². The molecule has 0 bridgehead atoms. The number of para-hydroxylation sites is 1. The van der Waals surface area contributed by atoms with E-state index < -0.39 is 6.23 Å². The maximum absolute atomic E-state index is 13.4. The highest BCUT2D eigenvalue weighted by Gasteiger charge is 2.34. The van der Waals surface area contributed by atoms with Gasteiger partial charge in [0, 0.05) is 29.0 Å². The third-order valence-corrected chi connectivity index (χ3v) is 5.46. The fourth-order valence-electron chi connectivity index (χ4n) is 3.79. The van der Waals surface area contributed by atoms with Gasteiger partial charge in [-0.1, -0.05) is 18.2 Å². The van der Waals surface area contributed by atoms with Gasteiger partial charge in [0.05, 0.1) is 18.3 Å². The zero-order chi connectivity index (χ0) is 22.9. The molecule has 1 aliphatic rings. The lowest BCUT2D eigenvalue weighted by molar-refractivity contribution is -0.135. The molecule has 5 rings (SSSR count). The monoisotopic (exact) mass is 441 g/mol. The molecule has 2 heterocycles. The van der Waals surface area contributed by atoms with Gasteiger partial charge in [-0.2, -0.15) is 5.01 Å². The molecule has 1 unspecified atom stereocenters. The first-order chi connectivity index (χ1) is 16.0. The number of ether oxygens (including phenoxy) is 2. The van der Waals surface area contributed by atoms with Crippen LogP contribution in [0, 0.1) is 5.82 Å². The highest BCUT2D eigenvalue weighted by atomic mass is 19.1. The molecule has 0 spiro atoms. The van der Waals surface area contributed by atoms with E-state index in [1.807, 2.05) is 54.6 Å². The van der Waals surface area contributed by atoms with Crippen molar-refractivity contribution < 1.29 is 18.7 Å². The molecule has 1 aromatic heterocycles. The number of nitrogens with zero attached hydrogens (tertiary/aromatic N) is 3. The number of carbonyl (C=O) groups is 1. The Morgan fingerprint density at radius 1 is 1.00 bits per heavy atom. The molecule has 0 N–H and O–H groups in total. The second kappa shape index (κ2) is 8.35. The first kappa shape index (κ1) is 20.6. The van der Waals surface area contributed by atoms with Crippen molar-refractivity contribution in [3.05, 3.63) is 95.8 Å². The zero-order valence-corrected chi connectivity index (χ0v) is 18.0. The van der Waals surface area contributed by atoms with Gasteiger partial charge < -0.3 is 9.47 Å². The molecule has 1 aliphatic heterocycles. The minimum Gasteiger partial charge on any atom is -0.497 e. The van der Waals surface area contributed by atoms with E-state index >= 15 is 0 Å². The molecule has 4 aromatic rings. The van der Waals surface area contributed by atoms with Gasteiger partial charge in [0.1, 0.15) is 11.6 Å². The Balaban J connectivity index is 1.61. The van der Waals surface area contributed by atoms with E-state index in [2.05, 4.69) is 5.10 Å². The molecule has 7 heteroatoms. The fraction of sp³-hybridized carbons (Fsp3) is 0.115. The van der Waals surface area contributed by atoms with E-state index in [9.17, 15) is 9.18 Å². The Morgan fingerprint density at radius 3 is 2.39 bits per heavy atom. The molecule has 164 valence electrons. The molecule has 0 saturated carbocycles. The van der Waals surface area contributed by atoms with E-state index in [1.165, 1.54) is 24.1 Å². The van der Waals surface area contributed by atoms with Crippen LogP contribution in [0.1, 0.15) is 24.3 Å². The highest BCUT2D eigenvalue weighted by Crippen LogP contribution is 2.36. The van der Waals surface area contributed by atoms with Gasteiger partial charge in [0.2, 0.25) is 18.0 Å². The van der Waals surface area contributed by atoms with Crippen LogP contribution >= 0.6 is 0 Å². The molecule has 3 aromatic carbocycles. The van der Waals surface area contributed by atoms with Crippen LogP contribution in [0.25, 0.3) is 22.2 Å². The maximum atomic E-state index is 13.4. The third kappa shape index (κ3) is 3.89. The number of pyridine rings is 1. The van der Waals surface area contributed by atoms with Gasteiger partial charge in [-0.05, 0) is 60.7 Å². The summed E-state index contributed by atoms with van der Waals surface area (Å²) in [7, 11) is 1.62. The minimum atomic E-state index is -0.785. The smallest absolute Gasteiger partial charge is 0.243 e. The molecule has 33 heavy (non-hydrogen) atoms. The lowest BCUT2D eigenvalue weighted by Crippen LogP contribution is -2.25. The number of benzene rings is 3. The Hall–Kier alpha value is -4.26. The average molecular weight is 441 g/mol. The van der Waals surface area contributed by atoms with Crippen molar-refractivity contribution in [2.45, 2.75) is 13.2 Å². The Labute approximate surface area is 189 Å². The van der Waals surface area contributed by atoms with Gasteiger partial charge in [-0.15, -0.1) is 5.10 Å². The molecule has 1 atom stereocenters. The lowest BCUT2D eigenvalue weighted by atomic mass is 10.0. The Morgan fingerprint density at radius 2 is 1.70 bits per heavy atom. The van der Waals surface area contributed by atoms with Crippen molar-refractivity contribution in [3.8, 4) is 17.0 Å². The number of aromatic nitrogens is 1. The maximum Gasteiger partial charge on any atom is 0.243 e. The van der Waals surface area contributed by atoms with Gasteiger partial charge in [0.15, 0.2) is 0 Å². The molecule has 0 fully saturated rings. The lowest BCUT2D eigenvalue weighted by Gasteiger charge is -2.21. The first-order valence-corrected chi connectivity index (χ1v) is 10.4. The normalized spacial score (nSPS) is 15.3. The number of hydrogen-bond donors (Lipinski definition) is 0. The summed E-state index contributed by atoms with van der Waals surface area (Å²) in [5, 5.41) is 6.55. The summed E-state index contributed by atoms with van der Waals surface area (Å²) in [4.78, 5) is 17.3. The second-order valence-electron chi connectivity index (χ2n) is 7.59. The molecule has 1 amide bonds. The van der Waals surface area contributed by atoms with Crippen LogP contribution in [0.3, 0.4) is 0 Å². The quantitative estimate of drug-likeness (QED) is 0.432. The topological polar surface area (TPSA) is 64.0 Å². The van der Waals surface area contributed by atoms with Crippen LogP contribution < -0.4 is 4.74 Å². The second-order valence-corrected chi connectivity index (χ2v) is 7.59. The molecule has 0 aliphatic carbocycles. The molecular formula is C26H20FN3O3. The molecular weight excluding hydrogens is 421 g/mol. The zero-order valence-electron chi connectivity index (χ0n) is 18.0. The highest BCUT2D eigenvalue weighted by molar-refractivity contribution is 5.97. The van der Waals surface area contributed by atoms with E-state index in [0.717, 1.165) is 33.5 Å². The summed E-state index contributed by atoms with van der Waals surface area (Å²) in [5.74, 6) is 0.367. The number of methoxy groups -OCH3 is 1. The number of hydrazone groups is 1. The SMILES string of the molecule is COc1ccc(-c2cc(C3OC(c4ccc(F)cc4)=NN3C(C)=O)c3ccccc3n2)cc1. The number of hydrogen-bond acceptors (Lipinski definition) is 5. The van der Waals surface area contributed by atoms with E-state index in [4.69, 9.17) is 14.5 Å². The van der Waals surface area contributed by atoms with Gasteiger partial charge >= 0.3 is 0 Å². The molecule has 6 nitrogen and oxygen atoms in total. The number of fused-ring (bicyclic) bond motifs is 1. The first-order valence-electron chi connectivity index (χ1n) is 10.4. The van der Waals surface area contributed by atoms with Gasteiger partial charge in [-0.25, -0.2) is 9.37 Å². The van der Waals surface area contributed by atoms with Crippen LogP contribution in [0.2, 0.25) is 0 Å². The van der Waals surface area contributed by atoms with E-state index in [1.54, 1.807) is 19.2 Å². The largest absolute Gasteiger partial charge is 0.497 e. The van der Waals surface area contributed by atoms with Crippen LogP contribution in [0.4, 0.5) is 4.39 Å². The summed E-state index contributed by atoms with van der Waals surface area (Å²) in [6.07, 6.45) is -0.785. The van der Waals surface area contributed by atoms with Crippen molar-refractivity contribution in [1.82, 2.24) is 9.99 Å².